The van der Waals surface area contributed by atoms with Gasteiger partial charge in [0.25, 0.3) is 0 Å². The van der Waals surface area contributed by atoms with Crippen molar-refractivity contribution in [1.82, 2.24) is 9.78 Å². The molecule has 18 heavy (non-hydrogen) atoms. The standard InChI is InChI=1S/C14H17FN2O/c1-4-13-12(8-17(3)16-13)14(18)11-6-5-10(15)7-9(11)2/h5-8,14,18H,4H2,1-3H3. The van der Waals surface area contributed by atoms with Gasteiger partial charge < -0.3 is 5.11 Å². The zero-order valence-electron chi connectivity index (χ0n) is 10.8. The van der Waals surface area contributed by atoms with Gasteiger partial charge in [-0.1, -0.05) is 13.0 Å². The minimum absolute atomic E-state index is 0.287. The average molecular weight is 248 g/mol. The average Bonchev–Trinajstić information content (AvgIpc) is 2.69. The normalized spacial score (nSPS) is 12.7. The summed E-state index contributed by atoms with van der Waals surface area (Å²) in [7, 11) is 1.83. The molecule has 0 spiro atoms. The van der Waals surface area contributed by atoms with Gasteiger partial charge >= 0.3 is 0 Å². The van der Waals surface area contributed by atoms with E-state index in [2.05, 4.69) is 5.10 Å². The number of aromatic nitrogens is 2. The largest absolute Gasteiger partial charge is 0.384 e. The molecule has 0 saturated carbocycles. The molecule has 1 unspecified atom stereocenters. The Kier molecular flexibility index (Phi) is 3.48. The molecule has 1 aromatic heterocycles. The first-order valence-corrected chi connectivity index (χ1v) is 5.99. The lowest BCUT2D eigenvalue weighted by Crippen LogP contribution is -2.04. The number of aliphatic hydroxyl groups excluding tert-OH is 1. The number of benzene rings is 1. The van der Waals surface area contributed by atoms with Gasteiger partial charge in [0.15, 0.2) is 0 Å². The molecule has 1 heterocycles. The van der Waals surface area contributed by atoms with Crippen molar-refractivity contribution < 1.29 is 9.50 Å². The van der Waals surface area contributed by atoms with Crippen LogP contribution in [0.15, 0.2) is 24.4 Å². The third-order valence-electron chi connectivity index (χ3n) is 3.09. The minimum atomic E-state index is -0.755. The molecule has 0 bridgehead atoms. The molecule has 1 N–H and O–H groups in total. The number of rotatable bonds is 3. The SMILES string of the molecule is CCc1nn(C)cc1C(O)c1ccc(F)cc1C. The first kappa shape index (κ1) is 12.8. The Morgan fingerprint density at radius 1 is 1.39 bits per heavy atom. The maximum atomic E-state index is 13.1. The lowest BCUT2D eigenvalue weighted by atomic mass is 9.97. The molecule has 2 rings (SSSR count). The molecule has 1 aromatic carbocycles. The van der Waals surface area contributed by atoms with E-state index in [1.54, 1.807) is 17.7 Å². The summed E-state index contributed by atoms with van der Waals surface area (Å²) < 4.78 is 14.8. The topological polar surface area (TPSA) is 38.0 Å². The molecule has 0 aliphatic heterocycles. The highest BCUT2D eigenvalue weighted by Gasteiger charge is 2.18. The van der Waals surface area contributed by atoms with E-state index >= 15 is 0 Å². The Balaban J connectivity index is 2.43. The highest BCUT2D eigenvalue weighted by atomic mass is 19.1. The van der Waals surface area contributed by atoms with E-state index in [1.807, 2.05) is 20.2 Å². The number of nitrogens with zero attached hydrogens (tertiary/aromatic N) is 2. The van der Waals surface area contributed by atoms with Gasteiger partial charge in [0.1, 0.15) is 11.9 Å². The zero-order valence-corrected chi connectivity index (χ0v) is 10.8. The van der Waals surface area contributed by atoms with Crippen LogP contribution in [0.25, 0.3) is 0 Å². The molecule has 1 atom stereocenters. The van der Waals surface area contributed by atoms with Crippen molar-refractivity contribution >= 4 is 0 Å². The van der Waals surface area contributed by atoms with Crippen LogP contribution < -0.4 is 0 Å². The fraction of sp³-hybridized carbons (Fsp3) is 0.357. The van der Waals surface area contributed by atoms with E-state index in [4.69, 9.17) is 0 Å². The van der Waals surface area contributed by atoms with Crippen molar-refractivity contribution in [3.63, 3.8) is 0 Å². The van der Waals surface area contributed by atoms with Crippen LogP contribution in [-0.2, 0) is 13.5 Å². The van der Waals surface area contributed by atoms with Crippen LogP contribution in [-0.4, -0.2) is 14.9 Å². The lowest BCUT2D eigenvalue weighted by Gasteiger charge is -2.13. The maximum absolute atomic E-state index is 13.1. The Labute approximate surface area is 106 Å². The molecule has 0 saturated heterocycles. The van der Waals surface area contributed by atoms with Crippen LogP contribution in [0.4, 0.5) is 4.39 Å². The molecule has 0 amide bonds. The molecule has 0 fully saturated rings. The van der Waals surface area contributed by atoms with E-state index < -0.39 is 6.10 Å². The first-order valence-electron chi connectivity index (χ1n) is 5.99. The van der Waals surface area contributed by atoms with Gasteiger partial charge in [0.05, 0.1) is 5.69 Å². The van der Waals surface area contributed by atoms with Gasteiger partial charge in [-0.25, -0.2) is 4.39 Å². The summed E-state index contributed by atoms with van der Waals surface area (Å²) in [6, 6.07) is 4.43. The van der Waals surface area contributed by atoms with Gasteiger partial charge in [-0.3, -0.25) is 4.68 Å². The molecule has 0 aliphatic carbocycles. The maximum Gasteiger partial charge on any atom is 0.123 e. The summed E-state index contributed by atoms with van der Waals surface area (Å²) in [5.74, 6) is -0.287. The molecule has 2 aromatic rings. The van der Waals surface area contributed by atoms with Crippen LogP contribution in [0.2, 0.25) is 0 Å². The number of aryl methyl sites for hydroxylation is 3. The molecule has 4 heteroatoms. The Hall–Kier alpha value is -1.68. The third-order valence-corrected chi connectivity index (χ3v) is 3.09. The second-order valence-electron chi connectivity index (χ2n) is 4.46. The van der Waals surface area contributed by atoms with Crippen molar-refractivity contribution in [2.45, 2.75) is 26.4 Å². The summed E-state index contributed by atoms with van der Waals surface area (Å²) in [6.45, 7) is 3.79. The van der Waals surface area contributed by atoms with E-state index in [1.165, 1.54) is 12.1 Å². The summed E-state index contributed by atoms with van der Waals surface area (Å²) in [6.07, 6.45) is 1.81. The quantitative estimate of drug-likeness (QED) is 0.906. The molecule has 0 aliphatic rings. The van der Waals surface area contributed by atoms with Crippen molar-refractivity contribution in [3.05, 3.63) is 52.6 Å². The first-order chi connectivity index (χ1) is 8.52. The fourth-order valence-electron chi connectivity index (χ4n) is 2.17. The monoisotopic (exact) mass is 248 g/mol. The van der Waals surface area contributed by atoms with Gasteiger partial charge in [0.2, 0.25) is 0 Å². The highest BCUT2D eigenvalue weighted by Crippen LogP contribution is 2.27. The Morgan fingerprint density at radius 3 is 2.72 bits per heavy atom. The Bertz CT molecular complexity index is 563. The number of hydrogen-bond donors (Lipinski definition) is 1. The van der Waals surface area contributed by atoms with Crippen molar-refractivity contribution in [1.29, 1.82) is 0 Å². The van der Waals surface area contributed by atoms with Crippen LogP contribution in [0.5, 0.6) is 0 Å². The van der Waals surface area contributed by atoms with Gasteiger partial charge in [-0.05, 0) is 36.6 Å². The number of halogens is 1. The lowest BCUT2D eigenvalue weighted by molar-refractivity contribution is 0.218. The van der Waals surface area contributed by atoms with Crippen LogP contribution in [0.1, 0.15) is 35.4 Å². The van der Waals surface area contributed by atoms with Crippen LogP contribution in [0, 0.1) is 12.7 Å². The zero-order chi connectivity index (χ0) is 13.3. The minimum Gasteiger partial charge on any atom is -0.384 e. The van der Waals surface area contributed by atoms with E-state index in [0.29, 0.717) is 0 Å². The summed E-state index contributed by atoms with van der Waals surface area (Å²) >= 11 is 0. The van der Waals surface area contributed by atoms with Crippen LogP contribution >= 0.6 is 0 Å². The predicted octanol–water partition coefficient (Wildman–Crippen LogP) is 2.51. The van der Waals surface area contributed by atoms with Crippen molar-refractivity contribution in [3.8, 4) is 0 Å². The van der Waals surface area contributed by atoms with Crippen LogP contribution in [0.3, 0.4) is 0 Å². The number of aliphatic hydroxyl groups is 1. The van der Waals surface area contributed by atoms with E-state index in [0.717, 1.165) is 28.8 Å². The molecule has 96 valence electrons. The smallest absolute Gasteiger partial charge is 0.123 e. The van der Waals surface area contributed by atoms with E-state index in [-0.39, 0.29) is 5.82 Å². The van der Waals surface area contributed by atoms with Crippen molar-refractivity contribution in [2.24, 2.45) is 7.05 Å². The number of hydrogen-bond acceptors (Lipinski definition) is 2. The summed E-state index contributed by atoms with van der Waals surface area (Å²) in [5, 5.41) is 14.7. The fourth-order valence-corrected chi connectivity index (χ4v) is 2.17. The van der Waals surface area contributed by atoms with Gasteiger partial charge in [-0.15, -0.1) is 0 Å². The summed E-state index contributed by atoms with van der Waals surface area (Å²) in [5.41, 5.74) is 3.12. The summed E-state index contributed by atoms with van der Waals surface area (Å²) in [4.78, 5) is 0. The van der Waals surface area contributed by atoms with Crippen molar-refractivity contribution in [2.75, 3.05) is 0 Å². The van der Waals surface area contributed by atoms with E-state index in [9.17, 15) is 9.50 Å². The molecular weight excluding hydrogens is 231 g/mol. The predicted molar refractivity (Wildman–Crippen MR) is 67.8 cm³/mol. The molecule has 3 nitrogen and oxygen atoms in total. The Morgan fingerprint density at radius 2 is 2.11 bits per heavy atom. The molecular formula is C14H17FN2O. The third kappa shape index (κ3) is 2.29. The van der Waals surface area contributed by atoms with Gasteiger partial charge in [0, 0.05) is 18.8 Å². The molecule has 0 radical (unpaired) electrons. The second-order valence-corrected chi connectivity index (χ2v) is 4.46. The second kappa shape index (κ2) is 4.90. The highest BCUT2D eigenvalue weighted by molar-refractivity contribution is 5.36. The van der Waals surface area contributed by atoms with Gasteiger partial charge in [-0.2, -0.15) is 5.10 Å².